The van der Waals surface area contributed by atoms with E-state index in [0.717, 1.165) is 24.5 Å². The number of nitrogens with one attached hydrogen (secondary N) is 1. The Hall–Kier alpha value is -3.71. The summed E-state index contributed by atoms with van der Waals surface area (Å²) in [6, 6.07) is 13.3. The van der Waals surface area contributed by atoms with E-state index in [-0.39, 0.29) is 29.3 Å². The predicted octanol–water partition coefficient (Wildman–Crippen LogP) is 4.11. The number of aryl methyl sites for hydroxylation is 1. The minimum absolute atomic E-state index is 0.00962. The molecular weight excluding hydrogens is 602 g/mol. The number of carbonyl (C=O) groups is 2. The summed E-state index contributed by atoms with van der Waals surface area (Å²) in [7, 11) is -3.80. The van der Waals surface area contributed by atoms with E-state index in [2.05, 4.69) is 5.32 Å². The minimum atomic E-state index is -3.80. The summed E-state index contributed by atoms with van der Waals surface area (Å²) in [6.45, 7) is 7.52. The zero-order valence-corrected chi connectivity index (χ0v) is 26.7. The van der Waals surface area contributed by atoms with Crippen LogP contribution in [0.15, 0.2) is 65.6 Å². The molecule has 3 rings (SSSR count). The van der Waals surface area contributed by atoms with Gasteiger partial charge < -0.3 is 20.7 Å². The van der Waals surface area contributed by atoms with E-state index in [1.54, 1.807) is 36.1 Å². The average molecular weight is 645 g/mol. The molecule has 0 aliphatic heterocycles. The van der Waals surface area contributed by atoms with Crippen molar-refractivity contribution in [2.45, 2.75) is 63.5 Å². The van der Waals surface area contributed by atoms with Gasteiger partial charge in [-0.3, -0.25) is 4.79 Å². The second kappa shape index (κ2) is 16.6. The van der Waals surface area contributed by atoms with Gasteiger partial charge in [0, 0.05) is 37.3 Å². The third kappa shape index (κ3) is 11.0. The number of sulfonamides is 1. The summed E-state index contributed by atoms with van der Waals surface area (Å²) in [5.74, 6) is -2.34. The van der Waals surface area contributed by atoms with Gasteiger partial charge in [-0.1, -0.05) is 26.0 Å². The van der Waals surface area contributed by atoms with Crippen LogP contribution in [-0.4, -0.2) is 63.5 Å². The molecule has 0 aliphatic rings. The van der Waals surface area contributed by atoms with Crippen LogP contribution in [-0.2, 0) is 27.6 Å². The monoisotopic (exact) mass is 644 g/mol. The molecule has 0 heterocycles. The Bertz CT molecular complexity index is 1540. The lowest BCUT2D eigenvalue weighted by molar-refractivity contribution is 0.0239. The van der Waals surface area contributed by atoms with E-state index in [9.17, 15) is 26.8 Å². The molecule has 2 unspecified atom stereocenters. The highest BCUT2D eigenvalue weighted by Gasteiger charge is 2.25. The first-order chi connectivity index (χ1) is 21.3. The fourth-order valence-corrected chi connectivity index (χ4v) is 5.52. The standard InChI is InChI=1S/C33H42F2N4O5S/c1-4-12-39(13-5-2)32(40)25-14-22(3)15-26(19-25)33(41)44-31(30(36)18-24-16-27(34)20-28(35)17-24)21-38-11-10-23-6-8-29(9-7-23)45(37,42)43/h6-9,14-17,19-20,30-31,38H,4-5,10-13,18,21,36H2,1-3H3,(H2,37,42,43). The molecule has 0 spiro atoms. The lowest BCUT2D eigenvalue weighted by atomic mass is 10.0. The maximum Gasteiger partial charge on any atom is 0.338 e. The third-order valence-corrected chi connectivity index (χ3v) is 8.08. The number of esters is 1. The van der Waals surface area contributed by atoms with Gasteiger partial charge in [0.2, 0.25) is 10.0 Å². The molecule has 2 atom stereocenters. The van der Waals surface area contributed by atoms with Crippen LogP contribution in [0.1, 0.15) is 64.1 Å². The molecule has 1 amide bonds. The first-order valence-corrected chi connectivity index (χ1v) is 16.5. The molecule has 0 saturated heterocycles. The second-order valence-corrected chi connectivity index (χ2v) is 12.7. The Morgan fingerprint density at radius 3 is 2.09 bits per heavy atom. The maximum absolute atomic E-state index is 13.9. The molecule has 0 aliphatic carbocycles. The number of carbonyl (C=O) groups excluding carboxylic acids is 2. The van der Waals surface area contributed by atoms with Crippen molar-refractivity contribution < 1.29 is 31.5 Å². The Kier molecular flexibility index (Phi) is 13.2. The van der Waals surface area contributed by atoms with E-state index < -0.39 is 39.8 Å². The largest absolute Gasteiger partial charge is 0.456 e. The zero-order chi connectivity index (χ0) is 33.1. The van der Waals surface area contributed by atoms with Crippen molar-refractivity contribution in [3.63, 3.8) is 0 Å². The SMILES string of the molecule is CCCN(CCC)C(=O)c1cc(C)cc(C(=O)OC(CNCCc2ccc(S(N)(=O)=O)cc2)C(N)Cc2cc(F)cc(F)c2)c1. The van der Waals surface area contributed by atoms with Crippen LogP contribution in [0.5, 0.6) is 0 Å². The van der Waals surface area contributed by atoms with Gasteiger partial charge >= 0.3 is 5.97 Å². The van der Waals surface area contributed by atoms with Crippen LogP contribution in [0, 0.1) is 18.6 Å². The van der Waals surface area contributed by atoms with Crippen molar-refractivity contribution in [2.75, 3.05) is 26.2 Å². The van der Waals surface area contributed by atoms with Gasteiger partial charge in [-0.25, -0.2) is 27.1 Å². The topological polar surface area (TPSA) is 145 Å². The Morgan fingerprint density at radius 2 is 1.51 bits per heavy atom. The van der Waals surface area contributed by atoms with Gasteiger partial charge in [-0.2, -0.15) is 0 Å². The molecule has 5 N–H and O–H groups in total. The third-order valence-electron chi connectivity index (χ3n) is 7.15. The number of rotatable bonds is 16. The number of amides is 1. The summed E-state index contributed by atoms with van der Waals surface area (Å²) >= 11 is 0. The van der Waals surface area contributed by atoms with Crippen molar-refractivity contribution in [3.8, 4) is 0 Å². The van der Waals surface area contributed by atoms with Crippen molar-refractivity contribution in [3.05, 3.63) is 100 Å². The summed E-state index contributed by atoms with van der Waals surface area (Å²) in [5.41, 5.74) is 8.89. The predicted molar refractivity (Wildman–Crippen MR) is 169 cm³/mol. The molecule has 0 radical (unpaired) electrons. The van der Waals surface area contributed by atoms with Crippen LogP contribution in [0.2, 0.25) is 0 Å². The molecule has 45 heavy (non-hydrogen) atoms. The van der Waals surface area contributed by atoms with Gasteiger partial charge in [0.1, 0.15) is 17.7 Å². The molecule has 0 fully saturated rings. The normalized spacial score (nSPS) is 12.9. The molecule has 244 valence electrons. The number of hydrogen-bond acceptors (Lipinski definition) is 7. The van der Waals surface area contributed by atoms with Crippen LogP contribution in [0.25, 0.3) is 0 Å². The van der Waals surface area contributed by atoms with Crippen LogP contribution in [0.3, 0.4) is 0 Å². The molecule has 3 aromatic rings. The number of nitrogens with zero attached hydrogens (tertiary/aromatic N) is 1. The number of primary sulfonamides is 1. The van der Waals surface area contributed by atoms with E-state index in [0.29, 0.717) is 42.7 Å². The highest BCUT2D eigenvalue weighted by molar-refractivity contribution is 7.89. The molecule has 9 nitrogen and oxygen atoms in total. The van der Waals surface area contributed by atoms with Gasteiger partial charge in [-0.15, -0.1) is 0 Å². The number of ether oxygens (including phenoxy) is 1. The summed E-state index contributed by atoms with van der Waals surface area (Å²) in [4.78, 5) is 28.4. The Labute approximate surface area is 264 Å². The second-order valence-electron chi connectivity index (χ2n) is 11.1. The summed E-state index contributed by atoms with van der Waals surface area (Å²) < 4.78 is 56.6. The molecule has 12 heteroatoms. The van der Waals surface area contributed by atoms with Gasteiger partial charge in [0.25, 0.3) is 5.91 Å². The van der Waals surface area contributed by atoms with Crippen LogP contribution in [0.4, 0.5) is 8.78 Å². The molecule has 0 bridgehead atoms. The lowest BCUT2D eigenvalue weighted by Crippen LogP contribution is -2.46. The van der Waals surface area contributed by atoms with Crippen LogP contribution < -0.4 is 16.2 Å². The smallest absolute Gasteiger partial charge is 0.338 e. The molecule has 3 aromatic carbocycles. The molecule has 0 saturated carbocycles. The lowest BCUT2D eigenvalue weighted by Gasteiger charge is -2.25. The van der Waals surface area contributed by atoms with Crippen molar-refractivity contribution in [2.24, 2.45) is 10.9 Å². The van der Waals surface area contributed by atoms with E-state index in [4.69, 9.17) is 15.6 Å². The van der Waals surface area contributed by atoms with E-state index >= 15 is 0 Å². The first-order valence-electron chi connectivity index (χ1n) is 15.0. The highest BCUT2D eigenvalue weighted by atomic mass is 32.2. The van der Waals surface area contributed by atoms with Gasteiger partial charge in [0.05, 0.1) is 10.5 Å². The highest BCUT2D eigenvalue weighted by Crippen LogP contribution is 2.17. The number of benzene rings is 3. The van der Waals surface area contributed by atoms with Crippen LogP contribution >= 0.6 is 0 Å². The summed E-state index contributed by atoms with van der Waals surface area (Å²) in [6.07, 6.45) is 1.25. The minimum Gasteiger partial charge on any atom is -0.456 e. The number of hydrogen-bond donors (Lipinski definition) is 3. The zero-order valence-electron chi connectivity index (χ0n) is 25.9. The fraction of sp³-hybridized carbons (Fsp3) is 0.394. The first kappa shape index (κ1) is 35.8. The van der Waals surface area contributed by atoms with E-state index in [1.165, 1.54) is 30.3 Å². The maximum atomic E-state index is 13.9. The van der Waals surface area contributed by atoms with E-state index in [1.807, 2.05) is 13.8 Å². The average Bonchev–Trinajstić information content (AvgIpc) is 2.97. The number of halogens is 2. The Balaban J connectivity index is 1.77. The van der Waals surface area contributed by atoms with Gasteiger partial charge in [-0.05, 0) is 98.3 Å². The van der Waals surface area contributed by atoms with Crippen molar-refractivity contribution in [1.82, 2.24) is 10.2 Å². The quantitative estimate of drug-likeness (QED) is 0.157. The number of nitrogens with two attached hydrogens (primary N) is 2. The molecular formula is C33H42F2N4O5S. The summed E-state index contributed by atoms with van der Waals surface area (Å²) in [5, 5.41) is 8.36. The van der Waals surface area contributed by atoms with Gasteiger partial charge in [0.15, 0.2) is 0 Å². The van der Waals surface area contributed by atoms with Crippen molar-refractivity contribution in [1.29, 1.82) is 0 Å². The van der Waals surface area contributed by atoms with Crippen molar-refractivity contribution >= 4 is 21.9 Å². The Morgan fingerprint density at radius 1 is 0.911 bits per heavy atom. The molecule has 0 aromatic heterocycles. The fourth-order valence-electron chi connectivity index (χ4n) is 5.00.